The number of halogens is 3. The van der Waals surface area contributed by atoms with Crippen molar-refractivity contribution < 1.29 is 27.7 Å². The van der Waals surface area contributed by atoms with Crippen LogP contribution in [0.5, 0.6) is 11.8 Å². The standard InChI is InChI=1S/C20H16FN5O2.C16H14FN3O2.C4H3BrN2/c1-14-18(4-5-19-23-6-3-7-24-19)20(28-9-8-27-2)25-26(14)17-11-15(13-22)10-16(21)12-17;1-4-15-11(2)20(19-16(15)22-6-5-21-3)14-8-12(10-18)7-13(17)9-14;5-4-6-2-1-3-7-4/h3,6-7,10-12H,8-9H2,1-2H3;1,7-9H,5-6H2,2-3H3;1-3H. The lowest BCUT2D eigenvalue weighted by atomic mass is 10.2. The van der Waals surface area contributed by atoms with E-state index in [1.807, 2.05) is 12.1 Å². The zero-order valence-corrected chi connectivity index (χ0v) is 32.7. The second-order valence-electron chi connectivity index (χ2n) is 11.1. The molecule has 14 nitrogen and oxygen atoms in total. The highest BCUT2D eigenvalue weighted by Gasteiger charge is 2.18. The van der Waals surface area contributed by atoms with Gasteiger partial charge in [0.1, 0.15) is 36.0 Å². The van der Waals surface area contributed by atoms with Crippen LogP contribution in [-0.2, 0) is 9.47 Å². The van der Waals surface area contributed by atoms with Crippen molar-refractivity contribution in [1.82, 2.24) is 39.5 Å². The van der Waals surface area contributed by atoms with Gasteiger partial charge >= 0.3 is 0 Å². The van der Waals surface area contributed by atoms with Crippen LogP contribution in [0, 0.1) is 72.3 Å². The summed E-state index contributed by atoms with van der Waals surface area (Å²) in [6.45, 7) is 4.88. The summed E-state index contributed by atoms with van der Waals surface area (Å²) < 4.78 is 52.1. The van der Waals surface area contributed by atoms with E-state index in [2.05, 4.69) is 63.8 Å². The maximum absolute atomic E-state index is 13.9. The zero-order valence-electron chi connectivity index (χ0n) is 31.1. The van der Waals surface area contributed by atoms with Gasteiger partial charge in [-0.05, 0) is 84.2 Å². The molecule has 0 amide bonds. The molecule has 0 bridgehead atoms. The molecule has 288 valence electrons. The van der Waals surface area contributed by atoms with E-state index in [9.17, 15) is 8.78 Å². The molecule has 6 aromatic rings. The summed E-state index contributed by atoms with van der Waals surface area (Å²) in [6, 6.07) is 15.3. The van der Waals surface area contributed by atoms with Crippen molar-refractivity contribution >= 4 is 15.9 Å². The van der Waals surface area contributed by atoms with E-state index < -0.39 is 11.6 Å². The number of ether oxygens (including phenoxy) is 4. The van der Waals surface area contributed by atoms with Crippen LogP contribution in [-0.4, -0.2) is 80.1 Å². The molecule has 4 heterocycles. The molecule has 0 saturated heterocycles. The molecule has 17 heteroatoms. The number of methoxy groups -OCH3 is 2. The van der Waals surface area contributed by atoms with Gasteiger partial charge in [-0.2, -0.15) is 10.5 Å². The number of hydrogen-bond acceptors (Lipinski definition) is 12. The molecule has 0 radical (unpaired) electrons. The van der Waals surface area contributed by atoms with Crippen molar-refractivity contribution in [1.29, 1.82) is 10.5 Å². The fraction of sp³-hybridized carbons (Fsp3) is 0.200. The Bertz CT molecular complexity index is 2460. The number of nitrogens with zero attached hydrogens (tertiary/aromatic N) is 10. The topological polar surface area (TPSA) is 172 Å². The van der Waals surface area contributed by atoms with Gasteiger partial charge in [0.05, 0.1) is 59.2 Å². The summed E-state index contributed by atoms with van der Waals surface area (Å²) in [5.74, 6) is 8.22. The van der Waals surface area contributed by atoms with Crippen LogP contribution in [0.15, 0.2) is 78.1 Å². The van der Waals surface area contributed by atoms with E-state index in [1.165, 1.54) is 27.6 Å². The number of hydrogen-bond donors (Lipinski definition) is 0. The molecule has 0 aliphatic rings. The second-order valence-corrected chi connectivity index (χ2v) is 11.9. The highest BCUT2D eigenvalue weighted by Crippen LogP contribution is 2.26. The Labute approximate surface area is 335 Å². The predicted octanol–water partition coefficient (Wildman–Crippen LogP) is 5.84. The Hall–Kier alpha value is -7.02. The van der Waals surface area contributed by atoms with Crippen LogP contribution in [0.4, 0.5) is 8.78 Å². The smallest absolute Gasteiger partial charge is 0.249 e. The number of rotatable bonds is 10. The molecule has 6 rings (SSSR count). The Morgan fingerprint density at radius 2 is 1.12 bits per heavy atom. The molecule has 0 N–H and O–H groups in total. The van der Waals surface area contributed by atoms with Gasteiger partial charge in [0.15, 0.2) is 4.73 Å². The van der Waals surface area contributed by atoms with Gasteiger partial charge in [0, 0.05) is 39.0 Å². The molecule has 2 aromatic carbocycles. The summed E-state index contributed by atoms with van der Waals surface area (Å²) in [7, 11) is 3.13. The van der Waals surface area contributed by atoms with Crippen LogP contribution in [0.2, 0.25) is 0 Å². The lowest BCUT2D eigenvalue weighted by Crippen LogP contribution is -2.06. The highest BCUT2D eigenvalue weighted by atomic mass is 79.9. The van der Waals surface area contributed by atoms with Gasteiger partial charge in [0.2, 0.25) is 17.6 Å². The van der Waals surface area contributed by atoms with E-state index in [-0.39, 0.29) is 29.5 Å². The van der Waals surface area contributed by atoms with Crippen LogP contribution in [0.1, 0.15) is 39.5 Å². The molecule has 0 saturated carbocycles. The Morgan fingerprint density at radius 3 is 1.54 bits per heavy atom. The minimum atomic E-state index is -0.531. The molecule has 0 spiro atoms. The Morgan fingerprint density at radius 1 is 0.667 bits per heavy atom. The maximum atomic E-state index is 13.9. The third-order valence-corrected chi connectivity index (χ3v) is 7.69. The van der Waals surface area contributed by atoms with Gasteiger partial charge in [-0.15, -0.1) is 16.6 Å². The number of nitriles is 2. The van der Waals surface area contributed by atoms with Crippen LogP contribution in [0.25, 0.3) is 11.4 Å². The van der Waals surface area contributed by atoms with Gasteiger partial charge in [-0.1, -0.05) is 11.8 Å². The fourth-order valence-corrected chi connectivity index (χ4v) is 4.93. The summed E-state index contributed by atoms with van der Waals surface area (Å²) >= 11 is 3.09. The number of benzene rings is 2. The highest BCUT2D eigenvalue weighted by molar-refractivity contribution is 9.10. The fourth-order valence-electron chi connectivity index (χ4n) is 4.70. The monoisotopic (exact) mass is 834 g/mol. The average Bonchev–Trinajstić information content (AvgIpc) is 3.71. The number of aromatic nitrogens is 8. The normalized spacial score (nSPS) is 9.89. The first kappa shape index (κ1) is 42.7. The van der Waals surface area contributed by atoms with E-state index >= 15 is 0 Å². The van der Waals surface area contributed by atoms with Crippen molar-refractivity contribution in [2.45, 2.75) is 13.8 Å². The van der Waals surface area contributed by atoms with Crippen LogP contribution in [0.3, 0.4) is 0 Å². The summed E-state index contributed by atoms with van der Waals surface area (Å²) in [4.78, 5) is 15.7. The van der Waals surface area contributed by atoms with E-state index in [1.54, 1.807) is 71.1 Å². The van der Waals surface area contributed by atoms with E-state index in [0.29, 0.717) is 64.3 Å². The average molecular weight is 836 g/mol. The van der Waals surface area contributed by atoms with E-state index in [4.69, 9.17) is 35.9 Å². The quantitative estimate of drug-likeness (QED) is 0.0919. The molecule has 0 aliphatic carbocycles. The van der Waals surface area contributed by atoms with Crippen LogP contribution < -0.4 is 9.47 Å². The van der Waals surface area contributed by atoms with Crippen LogP contribution >= 0.6 is 15.9 Å². The van der Waals surface area contributed by atoms with Gasteiger partial charge in [-0.25, -0.2) is 38.1 Å². The Balaban J connectivity index is 0.000000220. The summed E-state index contributed by atoms with van der Waals surface area (Å²) in [5.41, 5.74) is 3.47. The molecule has 57 heavy (non-hydrogen) atoms. The van der Waals surface area contributed by atoms with Crippen molar-refractivity contribution in [3.05, 3.63) is 129 Å². The molecule has 0 aliphatic heterocycles. The van der Waals surface area contributed by atoms with Gasteiger partial charge in [-0.3, -0.25) is 0 Å². The first-order valence-electron chi connectivity index (χ1n) is 16.6. The minimum absolute atomic E-state index is 0.192. The molecule has 0 atom stereocenters. The Kier molecular flexibility index (Phi) is 16.3. The molecule has 0 fully saturated rings. The molecular weight excluding hydrogens is 802 g/mol. The zero-order chi connectivity index (χ0) is 41.2. The first-order valence-corrected chi connectivity index (χ1v) is 17.4. The van der Waals surface area contributed by atoms with Gasteiger partial charge in [0.25, 0.3) is 0 Å². The summed E-state index contributed by atoms with van der Waals surface area (Å²) in [6.07, 6.45) is 12.0. The van der Waals surface area contributed by atoms with Crippen molar-refractivity contribution in [3.8, 4) is 59.5 Å². The van der Waals surface area contributed by atoms with Crippen molar-refractivity contribution in [2.24, 2.45) is 0 Å². The molecule has 4 aromatic heterocycles. The van der Waals surface area contributed by atoms with Crippen molar-refractivity contribution in [2.75, 3.05) is 40.6 Å². The minimum Gasteiger partial charge on any atom is -0.473 e. The molecule has 0 unspecified atom stereocenters. The predicted molar refractivity (Wildman–Crippen MR) is 206 cm³/mol. The third kappa shape index (κ3) is 12.2. The maximum Gasteiger partial charge on any atom is 0.249 e. The second kappa shape index (κ2) is 21.8. The van der Waals surface area contributed by atoms with Crippen molar-refractivity contribution in [3.63, 3.8) is 0 Å². The molecular formula is C40H33BrF2N10O4. The van der Waals surface area contributed by atoms with Gasteiger partial charge < -0.3 is 18.9 Å². The first-order chi connectivity index (χ1) is 27.6. The summed E-state index contributed by atoms with van der Waals surface area (Å²) in [5, 5.41) is 26.7. The lowest BCUT2D eigenvalue weighted by Gasteiger charge is -2.05. The number of terminal acetylenes is 1. The third-order valence-electron chi connectivity index (χ3n) is 7.28. The van der Waals surface area contributed by atoms with E-state index in [0.717, 1.165) is 12.1 Å². The SMILES string of the molecule is Brc1ncccn1.C#Cc1c(OCCOC)nn(-c2cc(F)cc(C#N)c2)c1C.COCCOc1nn(-c2cc(F)cc(C#N)c2)c(C)c1C#Cc1ncccn1. The lowest BCUT2D eigenvalue weighted by molar-refractivity contribution is 0.143. The largest absolute Gasteiger partial charge is 0.473 e.